The molecule has 1 saturated heterocycles. The van der Waals surface area contributed by atoms with Gasteiger partial charge in [-0.05, 0) is 43.5 Å². The minimum Gasteiger partial charge on any atom is -0.470 e. The topological polar surface area (TPSA) is 94.8 Å². The lowest BCUT2D eigenvalue weighted by Crippen LogP contribution is -2.41. The molecule has 0 spiro atoms. The molecule has 0 bridgehead atoms. The highest BCUT2D eigenvalue weighted by molar-refractivity contribution is 6.04. The van der Waals surface area contributed by atoms with E-state index in [2.05, 4.69) is 16.5 Å². The lowest BCUT2D eigenvalue weighted by molar-refractivity contribution is -0.151. The molecule has 1 aliphatic heterocycles. The van der Waals surface area contributed by atoms with Gasteiger partial charge >= 0.3 is 12.1 Å². The molecule has 0 unspecified atom stereocenters. The van der Waals surface area contributed by atoms with Crippen molar-refractivity contribution in [3.63, 3.8) is 0 Å². The smallest absolute Gasteiger partial charge is 0.416 e. The molecule has 4 aromatic rings. The van der Waals surface area contributed by atoms with E-state index in [-0.39, 0.29) is 36.2 Å². The summed E-state index contributed by atoms with van der Waals surface area (Å²) in [6, 6.07) is 10.9. The number of likely N-dealkylation sites (tertiary alicyclic amines) is 1. The van der Waals surface area contributed by atoms with E-state index < -0.39 is 29.9 Å². The van der Waals surface area contributed by atoms with Crippen LogP contribution >= 0.6 is 0 Å². The number of fused-ring (bicyclic) bond motifs is 3. The molecule has 2 aromatic carbocycles. The molecule has 2 aromatic heterocycles. The predicted octanol–water partition coefficient (Wildman–Crippen LogP) is 7.11. The first-order chi connectivity index (χ1) is 20.7. The number of esters is 1. The van der Waals surface area contributed by atoms with Crippen LogP contribution in [0.3, 0.4) is 0 Å². The Kier molecular flexibility index (Phi) is 8.98. The van der Waals surface area contributed by atoms with Crippen molar-refractivity contribution < 1.29 is 36.7 Å². The summed E-state index contributed by atoms with van der Waals surface area (Å²) < 4.78 is 56.8. The number of hydrogen-bond donors (Lipinski definition) is 0. The Balaban J connectivity index is 1.42. The van der Waals surface area contributed by atoms with Crippen molar-refractivity contribution in [2.45, 2.75) is 63.3 Å². The number of allylic oxidation sites excluding steroid dienone is 1. The second-order valence-corrected chi connectivity index (χ2v) is 10.5. The fourth-order valence-corrected chi connectivity index (χ4v) is 5.32. The maximum Gasteiger partial charge on any atom is 0.416 e. The van der Waals surface area contributed by atoms with Gasteiger partial charge in [0.2, 0.25) is 11.5 Å². The number of furan rings is 1. The monoisotopic (exact) mass is 595 g/mol. The number of aromatic nitrogens is 2. The molecular weight excluding hydrogens is 563 g/mol. The number of amides is 1. The van der Waals surface area contributed by atoms with Crippen LogP contribution in [-0.4, -0.2) is 52.5 Å². The number of halogens is 3. The zero-order valence-electron chi connectivity index (χ0n) is 23.7. The quantitative estimate of drug-likeness (QED) is 0.104. The Morgan fingerprint density at radius 3 is 2.53 bits per heavy atom. The molecule has 0 N–H and O–H groups in total. The number of carbonyl (C=O) groups is 2. The summed E-state index contributed by atoms with van der Waals surface area (Å²) >= 11 is 0. The van der Waals surface area contributed by atoms with Crippen molar-refractivity contribution in [1.82, 2.24) is 14.9 Å². The van der Waals surface area contributed by atoms with Gasteiger partial charge in [-0.3, -0.25) is 4.79 Å². The molecule has 1 aliphatic rings. The SMILES string of the molecule is C=CCCCCCCC(=O)N1C[C@H](Oc2nc(-c3ccc(C(F)(F)F)cc3)nc3c2oc2ccccc23)C[C@H]1C(=O)OC. The number of nitrogens with zero attached hydrogens (tertiary/aromatic N) is 3. The first kappa shape index (κ1) is 30.1. The average Bonchev–Trinajstić information content (AvgIpc) is 3.60. The Morgan fingerprint density at radius 1 is 1.07 bits per heavy atom. The summed E-state index contributed by atoms with van der Waals surface area (Å²) in [6.45, 7) is 3.86. The molecule has 8 nitrogen and oxygen atoms in total. The fourth-order valence-electron chi connectivity index (χ4n) is 5.32. The van der Waals surface area contributed by atoms with Gasteiger partial charge in [-0.25, -0.2) is 9.78 Å². The summed E-state index contributed by atoms with van der Waals surface area (Å²) in [5.74, 6) is -0.476. The molecule has 0 aliphatic carbocycles. The average molecular weight is 596 g/mol. The predicted molar refractivity (Wildman–Crippen MR) is 154 cm³/mol. The third-order valence-corrected chi connectivity index (χ3v) is 7.54. The highest BCUT2D eigenvalue weighted by atomic mass is 19.4. The van der Waals surface area contributed by atoms with Crippen LogP contribution < -0.4 is 4.74 Å². The molecule has 226 valence electrons. The van der Waals surface area contributed by atoms with Crippen LogP contribution in [0, 0.1) is 0 Å². The van der Waals surface area contributed by atoms with Gasteiger partial charge in [0.25, 0.3) is 5.88 Å². The van der Waals surface area contributed by atoms with E-state index in [4.69, 9.17) is 13.9 Å². The van der Waals surface area contributed by atoms with Gasteiger partial charge in [0.15, 0.2) is 5.82 Å². The van der Waals surface area contributed by atoms with Crippen molar-refractivity contribution in [2.24, 2.45) is 0 Å². The minimum absolute atomic E-state index is 0.0706. The van der Waals surface area contributed by atoms with Crippen LogP contribution in [0.15, 0.2) is 65.6 Å². The molecule has 43 heavy (non-hydrogen) atoms. The van der Waals surface area contributed by atoms with Crippen molar-refractivity contribution in [2.75, 3.05) is 13.7 Å². The van der Waals surface area contributed by atoms with Crippen LogP contribution in [-0.2, 0) is 20.5 Å². The third kappa shape index (κ3) is 6.65. The summed E-state index contributed by atoms with van der Waals surface area (Å²) in [5.41, 5.74) is 0.792. The zero-order valence-corrected chi connectivity index (χ0v) is 23.7. The van der Waals surface area contributed by atoms with Gasteiger partial charge < -0.3 is 18.8 Å². The molecule has 0 saturated carbocycles. The van der Waals surface area contributed by atoms with Crippen LogP contribution in [0.25, 0.3) is 33.5 Å². The van der Waals surface area contributed by atoms with Gasteiger partial charge in [0.1, 0.15) is 23.2 Å². The Labute approximate surface area is 246 Å². The Hall–Kier alpha value is -4.41. The fraction of sp³-hybridized carbons (Fsp3) is 0.375. The highest BCUT2D eigenvalue weighted by Gasteiger charge is 2.41. The third-order valence-electron chi connectivity index (χ3n) is 7.54. The van der Waals surface area contributed by atoms with Crippen LogP contribution in [0.1, 0.15) is 50.5 Å². The number of benzene rings is 2. The Morgan fingerprint density at radius 2 is 1.81 bits per heavy atom. The van der Waals surface area contributed by atoms with Gasteiger partial charge in [-0.1, -0.05) is 43.2 Å². The van der Waals surface area contributed by atoms with Gasteiger partial charge in [-0.15, -0.1) is 6.58 Å². The molecule has 1 amide bonds. The lowest BCUT2D eigenvalue weighted by atomic mass is 10.1. The number of unbranched alkanes of at least 4 members (excludes halogenated alkanes) is 4. The van der Waals surface area contributed by atoms with Crippen LogP contribution in [0.2, 0.25) is 0 Å². The summed E-state index contributed by atoms with van der Waals surface area (Å²) in [4.78, 5) is 36.4. The van der Waals surface area contributed by atoms with Crippen molar-refractivity contribution in [3.05, 3.63) is 66.7 Å². The second kappa shape index (κ2) is 12.8. The normalized spacial score (nSPS) is 17.0. The molecule has 3 heterocycles. The van der Waals surface area contributed by atoms with E-state index in [9.17, 15) is 22.8 Å². The van der Waals surface area contributed by atoms with E-state index in [1.165, 1.54) is 24.1 Å². The number of para-hydroxylation sites is 1. The summed E-state index contributed by atoms with van der Waals surface area (Å²) in [7, 11) is 1.28. The van der Waals surface area contributed by atoms with Crippen molar-refractivity contribution in [1.29, 1.82) is 0 Å². The van der Waals surface area contributed by atoms with E-state index in [1.807, 2.05) is 18.2 Å². The molecule has 1 fully saturated rings. The molecule has 0 radical (unpaired) electrons. The van der Waals surface area contributed by atoms with Crippen LogP contribution in [0.5, 0.6) is 5.88 Å². The molecule has 2 atom stereocenters. The molecular formula is C32H32F3N3O5. The zero-order chi connectivity index (χ0) is 30.6. The molecule has 11 heteroatoms. The van der Waals surface area contributed by atoms with Crippen LogP contribution in [0.4, 0.5) is 13.2 Å². The van der Waals surface area contributed by atoms with Crippen molar-refractivity contribution >= 4 is 33.9 Å². The standard InChI is InChI=1S/C32H32F3N3O5/c1-3-4-5-6-7-8-13-26(39)38-19-22(18-24(38)31(40)41-2)42-30-28-27(23-11-9-10-12-25(23)43-28)36-29(37-30)20-14-16-21(17-15-20)32(33,34)35/h3,9-12,14-17,22,24H,1,4-8,13,18-19H2,2H3/t22-,24+/m1/s1. The Bertz CT molecular complexity index is 1620. The van der Waals surface area contributed by atoms with E-state index in [1.54, 1.807) is 12.1 Å². The molecule has 5 rings (SSSR count). The van der Waals surface area contributed by atoms with Gasteiger partial charge in [-0.2, -0.15) is 18.2 Å². The second-order valence-electron chi connectivity index (χ2n) is 10.5. The van der Waals surface area contributed by atoms with Gasteiger partial charge in [0.05, 0.1) is 19.2 Å². The maximum atomic E-state index is 13.2. The van der Waals surface area contributed by atoms with E-state index in [0.29, 0.717) is 34.9 Å². The number of carbonyl (C=O) groups excluding carboxylic acids is 2. The van der Waals surface area contributed by atoms with E-state index >= 15 is 0 Å². The summed E-state index contributed by atoms with van der Waals surface area (Å²) in [5, 5.41) is 0.682. The minimum atomic E-state index is -4.48. The number of rotatable bonds is 11. The largest absolute Gasteiger partial charge is 0.470 e. The number of methoxy groups -OCH3 is 1. The first-order valence-corrected chi connectivity index (χ1v) is 14.2. The van der Waals surface area contributed by atoms with E-state index in [0.717, 1.165) is 37.8 Å². The van der Waals surface area contributed by atoms with Gasteiger partial charge in [0, 0.05) is 23.8 Å². The first-order valence-electron chi connectivity index (χ1n) is 14.2. The lowest BCUT2D eigenvalue weighted by Gasteiger charge is -2.22. The van der Waals surface area contributed by atoms with Crippen molar-refractivity contribution in [3.8, 4) is 17.3 Å². The number of ether oxygens (including phenoxy) is 2. The highest BCUT2D eigenvalue weighted by Crippen LogP contribution is 2.37. The maximum absolute atomic E-state index is 13.2. The summed E-state index contributed by atoms with van der Waals surface area (Å²) in [6.07, 6.45) is 1.80. The number of hydrogen-bond acceptors (Lipinski definition) is 7. The number of alkyl halides is 3.